The molecule has 1 aromatic carbocycles. The average molecular weight is 337 g/mol. The topological polar surface area (TPSA) is 64.6 Å². The molecule has 1 aromatic rings. The Morgan fingerprint density at radius 2 is 2.00 bits per heavy atom. The number of ether oxygens (including phenoxy) is 2. The summed E-state index contributed by atoms with van der Waals surface area (Å²) in [6, 6.07) is 4.45. The third-order valence-electron chi connectivity index (χ3n) is 4.19. The number of amides is 1. The monoisotopic (exact) mass is 337 g/mol. The first-order valence-corrected chi connectivity index (χ1v) is 8.32. The molecule has 1 aliphatic rings. The molecule has 1 atom stereocenters. The van der Waals surface area contributed by atoms with E-state index in [9.17, 15) is 14.0 Å². The molecule has 132 valence electrons. The molecule has 1 saturated carbocycles. The fourth-order valence-electron chi connectivity index (χ4n) is 2.84. The molecule has 5 nitrogen and oxygen atoms in total. The van der Waals surface area contributed by atoms with Crippen LogP contribution in [0.4, 0.5) is 4.39 Å². The minimum Gasteiger partial charge on any atom is -0.494 e. The molecule has 0 bridgehead atoms. The number of hydrogen-bond acceptors (Lipinski definition) is 4. The third-order valence-corrected chi connectivity index (χ3v) is 4.19. The zero-order valence-electron chi connectivity index (χ0n) is 14.1. The minimum atomic E-state index is -0.859. The molecule has 1 aliphatic carbocycles. The van der Waals surface area contributed by atoms with Crippen molar-refractivity contribution >= 4 is 11.9 Å². The SMILES string of the molecule is COc1ccc(CC(=O)OC(C)C(=O)NC2CCCCC2)cc1F. The molecule has 0 radical (unpaired) electrons. The number of hydrogen-bond donors (Lipinski definition) is 1. The average Bonchev–Trinajstić information content (AvgIpc) is 2.55. The van der Waals surface area contributed by atoms with Gasteiger partial charge >= 0.3 is 5.97 Å². The lowest BCUT2D eigenvalue weighted by molar-refractivity contribution is -0.154. The van der Waals surface area contributed by atoms with Gasteiger partial charge in [-0.25, -0.2) is 4.39 Å². The number of esters is 1. The first-order valence-electron chi connectivity index (χ1n) is 8.32. The molecular weight excluding hydrogens is 313 g/mol. The number of nitrogens with one attached hydrogen (secondary N) is 1. The number of rotatable bonds is 6. The van der Waals surface area contributed by atoms with Crippen molar-refractivity contribution in [2.75, 3.05) is 7.11 Å². The minimum absolute atomic E-state index is 0.0953. The van der Waals surface area contributed by atoms with E-state index in [4.69, 9.17) is 9.47 Å². The van der Waals surface area contributed by atoms with Crippen molar-refractivity contribution in [3.63, 3.8) is 0 Å². The fraction of sp³-hybridized carbons (Fsp3) is 0.556. The predicted octanol–water partition coefficient (Wildman–Crippen LogP) is 2.76. The summed E-state index contributed by atoms with van der Waals surface area (Å²) in [5.41, 5.74) is 0.471. The van der Waals surface area contributed by atoms with Crippen molar-refractivity contribution in [2.24, 2.45) is 0 Å². The number of halogens is 1. The molecule has 1 N–H and O–H groups in total. The van der Waals surface area contributed by atoms with E-state index in [0.29, 0.717) is 5.56 Å². The van der Waals surface area contributed by atoms with Crippen molar-refractivity contribution in [1.29, 1.82) is 0 Å². The van der Waals surface area contributed by atoms with Gasteiger partial charge in [-0.05, 0) is 37.5 Å². The summed E-state index contributed by atoms with van der Waals surface area (Å²) < 4.78 is 23.6. The van der Waals surface area contributed by atoms with E-state index in [0.717, 1.165) is 25.7 Å². The second-order valence-corrected chi connectivity index (χ2v) is 6.12. The highest BCUT2D eigenvalue weighted by atomic mass is 19.1. The van der Waals surface area contributed by atoms with Crippen molar-refractivity contribution in [2.45, 2.75) is 57.6 Å². The van der Waals surface area contributed by atoms with Gasteiger partial charge in [0.25, 0.3) is 5.91 Å². The summed E-state index contributed by atoms with van der Waals surface area (Å²) in [5.74, 6) is -1.26. The first kappa shape index (κ1) is 18.2. The predicted molar refractivity (Wildman–Crippen MR) is 87.2 cm³/mol. The van der Waals surface area contributed by atoms with E-state index in [1.807, 2.05) is 0 Å². The molecule has 0 spiro atoms. The summed E-state index contributed by atoms with van der Waals surface area (Å²) in [7, 11) is 1.37. The lowest BCUT2D eigenvalue weighted by Crippen LogP contribution is -2.42. The largest absolute Gasteiger partial charge is 0.494 e. The fourth-order valence-corrected chi connectivity index (χ4v) is 2.84. The normalized spacial score (nSPS) is 16.3. The molecule has 0 aliphatic heterocycles. The highest BCUT2D eigenvalue weighted by Crippen LogP contribution is 2.19. The molecule has 0 aromatic heterocycles. The molecule has 2 rings (SSSR count). The lowest BCUT2D eigenvalue weighted by Gasteiger charge is -2.24. The van der Waals surface area contributed by atoms with Crippen LogP contribution in [0.2, 0.25) is 0 Å². The van der Waals surface area contributed by atoms with E-state index in [-0.39, 0.29) is 24.1 Å². The summed E-state index contributed by atoms with van der Waals surface area (Å²) in [6.07, 6.45) is 4.42. The van der Waals surface area contributed by atoms with Crippen LogP contribution in [-0.4, -0.2) is 31.1 Å². The highest BCUT2D eigenvalue weighted by Gasteiger charge is 2.22. The van der Waals surface area contributed by atoms with Crippen molar-refractivity contribution in [3.8, 4) is 5.75 Å². The Morgan fingerprint density at radius 1 is 1.29 bits per heavy atom. The van der Waals surface area contributed by atoms with Crippen LogP contribution in [0.25, 0.3) is 0 Å². The first-order chi connectivity index (χ1) is 11.5. The van der Waals surface area contributed by atoms with Crippen molar-refractivity contribution in [1.82, 2.24) is 5.32 Å². The van der Waals surface area contributed by atoms with E-state index < -0.39 is 17.9 Å². The van der Waals surface area contributed by atoms with E-state index >= 15 is 0 Å². The summed E-state index contributed by atoms with van der Waals surface area (Å²) >= 11 is 0. The molecule has 0 saturated heterocycles. The Balaban J connectivity index is 1.82. The molecular formula is C18H24FNO4. The molecule has 1 unspecified atom stereocenters. The third kappa shape index (κ3) is 5.22. The Kier molecular flexibility index (Phi) is 6.58. The standard InChI is InChI=1S/C18H24FNO4/c1-12(18(22)20-14-6-4-3-5-7-14)24-17(21)11-13-8-9-16(23-2)15(19)10-13/h8-10,12,14H,3-7,11H2,1-2H3,(H,20,22). The highest BCUT2D eigenvalue weighted by molar-refractivity contribution is 5.84. The lowest BCUT2D eigenvalue weighted by atomic mass is 9.95. The zero-order valence-corrected chi connectivity index (χ0v) is 14.1. The van der Waals surface area contributed by atoms with Crippen LogP contribution in [0.15, 0.2) is 18.2 Å². The number of carbonyl (C=O) groups is 2. The van der Waals surface area contributed by atoms with E-state index in [1.54, 1.807) is 13.0 Å². The maximum atomic E-state index is 13.6. The molecule has 6 heteroatoms. The molecule has 24 heavy (non-hydrogen) atoms. The van der Waals surface area contributed by atoms with Gasteiger partial charge in [-0.15, -0.1) is 0 Å². The van der Waals surface area contributed by atoms with Gasteiger partial charge in [-0.3, -0.25) is 9.59 Å². The van der Waals surface area contributed by atoms with Crippen LogP contribution in [0.3, 0.4) is 0 Å². The van der Waals surface area contributed by atoms with Gasteiger partial charge in [0.15, 0.2) is 17.7 Å². The molecule has 1 amide bonds. The molecule has 0 heterocycles. The van der Waals surface area contributed by atoms with Gasteiger partial charge < -0.3 is 14.8 Å². The van der Waals surface area contributed by atoms with Crippen LogP contribution in [0, 0.1) is 5.82 Å². The van der Waals surface area contributed by atoms with E-state index in [2.05, 4.69) is 5.32 Å². The quantitative estimate of drug-likeness (QED) is 0.811. The maximum absolute atomic E-state index is 13.6. The number of methoxy groups -OCH3 is 1. The smallest absolute Gasteiger partial charge is 0.311 e. The van der Waals surface area contributed by atoms with Crippen LogP contribution >= 0.6 is 0 Å². The van der Waals surface area contributed by atoms with E-state index in [1.165, 1.54) is 25.7 Å². The molecule has 1 fully saturated rings. The van der Waals surface area contributed by atoms with Crippen LogP contribution in [-0.2, 0) is 20.7 Å². The summed E-state index contributed by atoms with van der Waals surface area (Å²) in [5, 5.41) is 2.92. The van der Waals surface area contributed by atoms with Crippen LogP contribution in [0.5, 0.6) is 5.75 Å². The number of benzene rings is 1. The van der Waals surface area contributed by atoms with Gasteiger partial charge in [0.2, 0.25) is 0 Å². The second kappa shape index (κ2) is 8.66. The van der Waals surface area contributed by atoms with Gasteiger partial charge in [0, 0.05) is 6.04 Å². The van der Waals surface area contributed by atoms with Crippen LogP contribution in [0.1, 0.15) is 44.6 Å². The Labute approximate surface area is 141 Å². The van der Waals surface area contributed by atoms with Gasteiger partial charge in [-0.1, -0.05) is 25.3 Å². The summed E-state index contributed by atoms with van der Waals surface area (Å²) in [6.45, 7) is 1.55. The zero-order chi connectivity index (χ0) is 17.5. The van der Waals surface area contributed by atoms with Crippen molar-refractivity contribution in [3.05, 3.63) is 29.6 Å². The van der Waals surface area contributed by atoms with Crippen molar-refractivity contribution < 1.29 is 23.5 Å². The number of carbonyl (C=O) groups excluding carboxylic acids is 2. The maximum Gasteiger partial charge on any atom is 0.311 e. The van der Waals surface area contributed by atoms with Gasteiger partial charge in [-0.2, -0.15) is 0 Å². The summed E-state index contributed by atoms with van der Waals surface area (Å²) in [4.78, 5) is 24.0. The van der Waals surface area contributed by atoms with Gasteiger partial charge in [0.1, 0.15) is 0 Å². The second-order valence-electron chi connectivity index (χ2n) is 6.12. The van der Waals surface area contributed by atoms with Gasteiger partial charge in [0.05, 0.1) is 13.5 Å². The Morgan fingerprint density at radius 3 is 2.62 bits per heavy atom. The van der Waals surface area contributed by atoms with Crippen LogP contribution < -0.4 is 10.1 Å². The Hall–Kier alpha value is -2.11. The Bertz CT molecular complexity index is 584.